The lowest BCUT2D eigenvalue weighted by molar-refractivity contribution is 0.151. The standard InChI is InChI=1S/C18H27NO5S2/c1-3-24-15-4-6-16(7-5-15)26(22,23)18-13-25(20,21)12-17(18)19-10-8-14(2)9-11-19/h4-7,14,17-18H,3,8-13H2,1-2H3/t17-,18-/m1/s1. The fourth-order valence-corrected chi connectivity index (χ4v) is 8.69. The second kappa shape index (κ2) is 7.48. The molecule has 0 amide bonds. The van der Waals surface area contributed by atoms with Gasteiger partial charge in [0.1, 0.15) is 5.75 Å². The molecule has 0 aliphatic carbocycles. The van der Waals surface area contributed by atoms with E-state index in [-0.39, 0.29) is 16.4 Å². The van der Waals surface area contributed by atoms with Gasteiger partial charge in [-0.25, -0.2) is 16.8 Å². The van der Waals surface area contributed by atoms with Crippen LogP contribution in [0.25, 0.3) is 0 Å². The van der Waals surface area contributed by atoms with Crippen LogP contribution in [-0.2, 0) is 19.7 Å². The van der Waals surface area contributed by atoms with Crippen molar-refractivity contribution in [2.24, 2.45) is 5.92 Å². The highest BCUT2D eigenvalue weighted by molar-refractivity contribution is 7.96. The quantitative estimate of drug-likeness (QED) is 0.748. The number of likely N-dealkylation sites (tertiary alicyclic amines) is 1. The third kappa shape index (κ3) is 4.07. The van der Waals surface area contributed by atoms with E-state index in [1.165, 1.54) is 12.1 Å². The summed E-state index contributed by atoms with van der Waals surface area (Å²) >= 11 is 0. The van der Waals surface area contributed by atoms with Crippen LogP contribution in [0.4, 0.5) is 0 Å². The van der Waals surface area contributed by atoms with Gasteiger partial charge >= 0.3 is 0 Å². The molecule has 0 N–H and O–H groups in total. The van der Waals surface area contributed by atoms with Crippen molar-refractivity contribution in [2.45, 2.75) is 42.9 Å². The number of piperidine rings is 1. The molecule has 146 valence electrons. The summed E-state index contributed by atoms with van der Waals surface area (Å²) in [5.41, 5.74) is 0. The highest BCUT2D eigenvalue weighted by atomic mass is 32.2. The van der Waals surface area contributed by atoms with Gasteiger partial charge in [-0.2, -0.15) is 0 Å². The summed E-state index contributed by atoms with van der Waals surface area (Å²) in [4.78, 5) is 2.24. The molecule has 8 heteroatoms. The van der Waals surface area contributed by atoms with E-state index in [4.69, 9.17) is 4.74 Å². The van der Waals surface area contributed by atoms with Crippen molar-refractivity contribution in [3.05, 3.63) is 24.3 Å². The fraction of sp³-hybridized carbons (Fsp3) is 0.667. The maximum absolute atomic E-state index is 13.2. The zero-order chi connectivity index (χ0) is 18.9. The van der Waals surface area contributed by atoms with Crippen LogP contribution in [0.1, 0.15) is 26.7 Å². The van der Waals surface area contributed by atoms with Crippen LogP contribution in [0.15, 0.2) is 29.2 Å². The van der Waals surface area contributed by atoms with E-state index in [1.54, 1.807) is 12.1 Å². The highest BCUT2D eigenvalue weighted by Gasteiger charge is 2.48. The molecule has 0 spiro atoms. The molecule has 2 fully saturated rings. The van der Waals surface area contributed by atoms with Gasteiger partial charge in [-0.15, -0.1) is 0 Å². The number of hydrogen-bond donors (Lipinski definition) is 0. The number of sulfone groups is 2. The Morgan fingerprint density at radius 1 is 1.12 bits per heavy atom. The molecule has 2 aliphatic heterocycles. The molecule has 1 aromatic rings. The van der Waals surface area contributed by atoms with Crippen molar-refractivity contribution >= 4 is 19.7 Å². The minimum atomic E-state index is -3.73. The molecular formula is C18H27NO5S2. The lowest BCUT2D eigenvalue weighted by Gasteiger charge is -2.36. The van der Waals surface area contributed by atoms with Crippen LogP contribution in [0, 0.1) is 5.92 Å². The smallest absolute Gasteiger partial charge is 0.183 e. The second-order valence-corrected chi connectivity index (χ2v) is 11.7. The molecule has 0 aromatic heterocycles. The van der Waals surface area contributed by atoms with Gasteiger partial charge < -0.3 is 4.74 Å². The third-order valence-corrected chi connectivity index (χ3v) is 9.56. The molecule has 2 aliphatic rings. The first-order valence-electron chi connectivity index (χ1n) is 9.14. The molecule has 0 bridgehead atoms. The Morgan fingerprint density at radius 2 is 1.73 bits per heavy atom. The van der Waals surface area contributed by atoms with E-state index in [0.29, 0.717) is 18.3 Å². The van der Waals surface area contributed by atoms with Gasteiger partial charge in [-0.1, -0.05) is 6.92 Å². The van der Waals surface area contributed by atoms with Gasteiger partial charge in [0.25, 0.3) is 0 Å². The van der Waals surface area contributed by atoms with Gasteiger partial charge in [-0.3, -0.25) is 4.90 Å². The summed E-state index contributed by atoms with van der Waals surface area (Å²) < 4.78 is 56.2. The van der Waals surface area contributed by atoms with Crippen molar-refractivity contribution < 1.29 is 21.6 Å². The Balaban J connectivity index is 1.88. The normalized spacial score (nSPS) is 27.5. The Morgan fingerprint density at radius 3 is 2.31 bits per heavy atom. The van der Waals surface area contributed by atoms with E-state index in [2.05, 4.69) is 11.8 Å². The number of nitrogens with zero attached hydrogens (tertiary/aromatic N) is 1. The number of hydrogen-bond acceptors (Lipinski definition) is 6. The van der Waals surface area contributed by atoms with Crippen LogP contribution < -0.4 is 4.74 Å². The van der Waals surface area contributed by atoms with E-state index in [0.717, 1.165) is 25.9 Å². The van der Waals surface area contributed by atoms with Gasteiger partial charge in [0.15, 0.2) is 19.7 Å². The summed E-state index contributed by atoms with van der Waals surface area (Å²) in [7, 11) is -7.09. The van der Waals surface area contributed by atoms with Gasteiger partial charge in [-0.05, 0) is 63.0 Å². The Hall–Kier alpha value is -1.12. The van der Waals surface area contributed by atoms with Gasteiger partial charge in [0, 0.05) is 6.04 Å². The van der Waals surface area contributed by atoms with E-state index < -0.39 is 31.0 Å². The third-order valence-electron chi connectivity index (χ3n) is 5.42. The van der Waals surface area contributed by atoms with Crippen LogP contribution in [0.5, 0.6) is 5.75 Å². The topological polar surface area (TPSA) is 80.8 Å². The molecular weight excluding hydrogens is 374 g/mol. The first kappa shape index (κ1) is 19.6. The van der Waals surface area contributed by atoms with Crippen LogP contribution in [0.2, 0.25) is 0 Å². The summed E-state index contributed by atoms with van der Waals surface area (Å²) in [6.07, 6.45) is 1.96. The lowest BCUT2D eigenvalue weighted by atomic mass is 9.98. The Kier molecular flexibility index (Phi) is 5.65. The molecule has 2 saturated heterocycles. The molecule has 26 heavy (non-hydrogen) atoms. The summed E-state index contributed by atoms with van der Waals surface area (Å²) in [6.45, 7) is 6.06. The molecule has 1 aromatic carbocycles. The number of rotatable bonds is 5. The van der Waals surface area contributed by atoms with Gasteiger partial charge in [0.2, 0.25) is 0 Å². The van der Waals surface area contributed by atoms with Crippen LogP contribution in [0.3, 0.4) is 0 Å². The second-order valence-electron chi connectivity index (χ2n) is 7.35. The number of benzene rings is 1. The first-order chi connectivity index (χ1) is 12.2. The molecule has 3 rings (SSSR count). The summed E-state index contributed by atoms with van der Waals surface area (Å²) in [5, 5.41) is -0.904. The van der Waals surface area contributed by atoms with E-state index in [9.17, 15) is 16.8 Å². The monoisotopic (exact) mass is 401 g/mol. The minimum absolute atomic E-state index is 0.0672. The average molecular weight is 402 g/mol. The molecule has 0 unspecified atom stereocenters. The maximum atomic E-state index is 13.2. The molecule has 2 atom stereocenters. The Bertz CT molecular complexity index is 825. The zero-order valence-corrected chi connectivity index (χ0v) is 16.9. The minimum Gasteiger partial charge on any atom is -0.494 e. The van der Waals surface area contributed by atoms with Crippen LogP contribution in [-0.4, -0.2) is 64.2 Å². The molecule has 0 saturated carbocycles. The highest BCUT2D eigenvalue weighted by Crippen LogP contribution is 2.32. The molecule has 2 heterocycles. The van der Waals surface area contributed by atoms with Gasteiger partial charge in [0.05, 0.1) is 28.3 Å². The predicted molar refractivity (Wildman–Crippen MR) is 101 cm³/mol. The first-order valence-corrected chi connectivity index (χ1v) is 12.5. The number of ether oxygens (including phenoxy) is 1. The van der Waals surface area contributed by atoms with E-state index in [1.807, 2.05) is 6.92 Å². The predicted octanol–water partition coefficient (Wildman–Crippen LogP) is 1.76. The SMILES string of the molecule is CCOc1ccc(S(=O)(=O)[C@@H]2CS(=O)(=O)C[C@H]2N2CCC(C)CC2)cc1. The van der Waals surface area contributed by atoms with Crippen molar-refractivity contribution in [2.75, 3.05) is 31.2 Å². The maximum Gasteiger partial charge on any atom is 0.183 e. The van der Waals surface area contributed by atoms with Crippen LogP contribution >= 0.6 is 0 Å². The summed E-state index contributed by atoms with van der Waals surface area (Å²) in [6, 6.07) is 5.82. The van der Waals surface area contributed by atoms with E-state index >= 15 is 0 Å². The van der Waals surface area contributed by atoms with Crippen molar-refractivity contribution in [3.8, 4) is 5.75 Å². The fourth-order valence-electron chi connectivity index (χ4n) is 3.86. The lowest BCUT2D eigenvalue weighted by Crippen LogP contribution is -2.49. The van der Waals surface area contributed by atoms with Crippen molar-refractivity contribution in [1.82, 2.24) is 4.90 Å². The van der Waals surface area contributed by atoms with Crippen molar-refractivity contribution in [1.29, 1.82) is 0 Å². The molecule has 6 nitrogen and oxygen atoms in total. The van der Waals surface area contributed by atoms with Crippen molar-refractivity contribution in [3.63, 3.8) is 0 Å². The average Bonchev–Trinajstić information content (AvgIpc) is 2.93. The largest absolute Gasteiger partial charge is 0.494 e. The molecule has 0 radical (unpaired) electrons. The summed E-state index contributed by atoms with van der Waals surface area (Å²) in [5.74, 6) is 0.846. The Labute approximate surface area is 156 Å². The zero-order valence-electron chi connectivity index (χ0n) is 15.3.